The van der Waals surface area contributed by atoms with Gasteiger partial charge in [-0.2, -0.15) is 0 Å². The van der Waals surface area contributed by atoms with Gasteiger partial charge in [0.25, 0.3) is 0 Å². The fourth-order valence-corrected chi connectivity index (χ4v) is 4.18. The van der Waals surface area contributed by atoms with Crippen molar-refractivity contribution in [1.82, 2.24) is 19.5 Å². The van der Waals surface area contributed by atoms with E-state index in [1.54, 1.807) is 0 Å². The molecule has 6 nitrogen and oxygen atoms in total. The standard InChI is InChI=1S/C19H26FN5O/c1-11(2)24-6-4-19(3,5-7-24)14-10-22-25-16-13(17(21)26)8-12(20)9-15(16)23-18(14)25/h8-11,17,22,26H,4-7,21H2,1-3H3. The Morgan fingerprint density at radius 2 is 2.00 bits per heavy atom. The van der Waals surface area contributed by atoms with Gasteiger partial charge in [0.1, 0.15) is 12.0 Å². The number of halogens is 1. The predicted octanol–water partition coefficient (Wildman–Crippen LogP) is 2.67. The van der Waals surface area contributed by atoms with Crippen LogP contribution in [0.3, 0.4) is 0 Å². The molecular formula is C19H26FN5O. The number of aromatic nitrogens is 3. The summed E-state index contributed by atoms with van der Waals surface area (Å²) in [6.45, 7) is 8.83. The maximum absolute atomic E-state index is 13.9. The highest BCUT2D eigenvalue weighted by atomic mass is 19.1. The van der Waals surface area contributed by atoms with Crippen LogP contribution < -0.4 is 5.73 Å². The minimum atomic E-state index is -1.26. The van der Waals surface area contributed by atoms with E-state index in [0.29, 0.717) is 22.6 Å². The lowest BCUT2D eigenvalue weighted by molar-refractivity contribution is 0.137. The van der Waals surface area contributed by atoms with Crippen LogP contribution in [0.2, 0.25) is 0 Å². The molecule has 1 unspecified atom stereocenters. The monoisotopic (exact) mass is 359 g/mol. The van der Waals surface area contributed by atoms with Crippen molar-refractivity contribution in [3.8, 4) is 0 Å². The Kier molecular flexibility index (Phi) is 4.06. The molecule has 7 heteroatoms. The summed E-state index contributed by atoms with van der Waals surface area (Å²) in [6, 6.07) is 3.20. The van der Waals surface area contributed by atoms with Gasteiger partial charge >= 0.3 is 0 Å². The van der Waals surface area contributed by atoms with E-state index in [9.17, 15) is 9.50 Å². The molecule has 0 saturated carbocycles. The molecule has 0 radical (unpaired) electrons. The van der Waals surface area contributed by atoms with E-state index in [-0.39, 0.29) is 5.41 Å². The van der Waals surface area contributed by atoms with E-state index < -0.39 is 12.0 Å². The van der Waals surface area contributed by atoms with Crippen LogP contribution in [0.1, 0.15) is 51.0 Å². The van der Waals surface area contributed by atoms with Gasteiger partial charge in [-0.25, -0.2) is 13.9 Å². The smallest absolute Gasteiger partial charge is 0.157 e. The Morgan fingerprint density at radius 3 is 2.62 bits per heavy atom. The highest BCUT2D eigenvalue weighted by Gasteiger charge is 2.35. The number of imidazole rings is 1. The van der Waals surface area contributed by atoms with Gasteiger partial charge < -0.3 is 15.7 Å². The molecule has 26 heavy (non-hydrogen) atoms. The molecule has 2 aromatic heterocycles. The second kappa shape index (κ2) is 6.04. The second-order valence-electron chi connectivity index (χ2n) is 7.96. The zero-order valence-electron chi connectivity index (χ0n) is 15.5. The van der Waals surface area contributed by atoms with Crippen LogP contribution in [0.25, 0.3) is 16.7 Å². The van der Waals surface area contributed by atoms with Crippen molar-refractivity contribution in [3.63, 3.8) is 0 Å². The number of hydrogen-bond donors (Lipinski definition) is 3. The van der Waals surface area contributed by atoms with Crippen LogP contribution in [-0.4, -0.2) is 43.7 Å². The number of rotatable bonds is 3. The number of likely N-dealkylation sites (tertiary alicyclic amines) is 1. The average molecular weight is 359 g/mol. The largest absolute Gasteiger partial charge is 0.374 e. The number of piperidine rings is 1. The van der Waals surface area contributed by atoms with Gasteiger partial charge in [0.15, 0.2) is 5.65 Å². The third kappa shape index (κ3) is 2.62. The number of H-pyrrole nitrogens is 1. The summed E-state index contributed by atoms with van der Waals surface area (Å²) < 4.78 is 15.7. The van der Waals surface area contributed by atoms with Crippen LogP contribution in [0.5, 0.6) is 0 Å². The van der Waals surface area contributed by atoms with E-state index in [2.05, 4.69) is 35.8 Å². The second-order valence-corrected chi connectivity index (χ2v) is 7.96. The van der Waals surface area contributed by atoms with Crippen molar-refractivity contribution in [3.05, 3.63) is 35.3 Å². The maximum atomic E-state index is 13.9. The van der Waals surface area contributed by atoms with E-state index >= 15 is 0 Å². The summed E-state index contributed by atoms with van der Waals surface area (Å²) in [5.74, 6) is -0.448. The number of aromatic amines is 1. The van der Waals surface area contributed by atoms with E-state index in [1.807, 2.05) is 10.7 Å². The lowest BCUT2D eigenvalue weighted by atomic mass is 9.75. The fraction of sp³-hybridized carbons (Fsp3) is 0.526. The highest BCUT2D eigenvalue weighted by Crippen LogP contribution is 2.38. The number of nitrogens with one attached hydrogen (secondary N) is 1. The molecule has 0 amide bonds. The summed E-state index contributed by atoms with van der Waals surface area (Å²) in [5, 5.41) is 13.1. The normalized spacial score (nSPS) is 19.7. The van der Waals surface area contributed by atoms with E-state index in [1.165, 1.54) is 12.1 Å². The van der Waals surface area contributed by atoms with Crippen molar-refractivity contribution < 1.29 is 9.50 Å². The summed E-state index contributed by atoms with van der Waals surface area (Å²) in [4.78, 5) is 7.16. The number of nitrogens with zero attached hydrogens (tertiary/aromatic N) is 3. The Hall–Kier alpha value is -1.96. The van der Waals surface area contributed by atoms with Gasteiger partial charge in [0.2, 0.25) is 0 Å². The fourth-order valence-electron chi connectivity index (χ4n) is 4.18. The highest BCUT2D eigenvalue weighted by molar-refractivity contribution is 5.84. The number of fused-ring (bicyclic) bond motifs is 3. The quantitative estimate of drug-likeness (QED) is 0.628. The Bertz CT molecular complexity index is 950. The third-order valence-electron chi connectivity index (χ3n) is 5.93. The zero-order valence-corrected chi connectivity index (χ0v) is 15.5. The minimum absolute atomic E-state index is 0.00799. The number of aliphatic hydroxyl groups is 1. The maximum Gasteiger partial charge on any atom is 0.157 e. The molecule has 140 valence electrons. The molecule has 3 heterocycles. The summed E-state index contributed by atoms with van der Waals surface area (Å²) >= 11 is 0. The Labute approximate surface area is 151 Å². The number of hydrogen-bond acceptors (Lipinski definition) is 4. The number of benzene rings is 1. The van der Waals surface area contributed by atoms with E-state index in [0.717, 1.165) is 37.1 Å². The first-order valence-corrected chi connectivity index (χ1v) is 9.17. The van der Waals surface area contributed by atoms with Gasteiger partial charge in [-0.15, -0.1) is 0 Å². The number of nitrogens with two attached hydrogens (primary N) is 1. The summed E-state index contributed by atoms with van der Waals surface area (Å²) in [6.07, 6.45) is 2.82. The molecular weight excluding hydrogens is 333 g/mol. The first kappa shape index (κ1) is 17.5. The number of aliphatic hydroxyl groups excluding tert-OH is 1. The predicted molar refractivity (Wildman–Crippen MR) is 99.4 cm³/mol. The molecule has 1 aromatic carbocycles. The van der Waals surface area contributed by atoms with Crippen molar-refractivity contribution >= 4 is 16.7 Å². The van der Waals surface area contributed by atoms with Crippen LogP contribution in [-0.2, 0) is 5.41 Å². The van der Waals surface area contributed by atoms with Gasteiger partial charge in [-0.05, 0) is 45.8 Å². The SMILES string of the molecule is CC(C)N1CCC(C)(c2c[nH]n3c2nc2cc(F)cc(C(N)O)c23)CC1. The van der Waals surface area contributed by atoms with Gasteiger partial charge in [0, 0.05) is 34.8 Å². The summed E-state index contributed by atoms with van der Waals surface area (Å²) in [7, 11) is 0. The molecule has 1 aliphatic rings. The molecule has 0 aliphatic carbocycles. The molecule has 4 N–H and O–H groups in total. The molecule has 0 bridgehead atoms. The van der Waals surface area contributed by atoms with Crippen molar-refractivity contribution in [1.29, 1.82) is 0 Å². The van der Waals surface area contributed by atoms with E-state index in [4.69, 9.17) is 5.73 Å². The Balaban J connectivity index is 1.82. The molecule has 1 saturated heterocycles. The first-order chi connectivity index (χ1) is 12.3. The molecule has 0 spiro atoms. The Morgan fingerprint density at radius 1 is 1.31 bits per heavy atom. The first-order valence-electron chi connectivity index (χ1n) is 9.17. The average Bonchev–Trinajstić information content (AvgIpc) is 3.12. The molecule has 4 rings (SSSR count). The van der Waals surface area contributed by atoms with Crippen LogP contribution in [0, 0.1) is 5.82 Å². The van der Waals surface area contributed by atoms with Gasteiger partial charge in [-0.3, -0.25) is 5.10 Å². The van der Waals surface area contributed by atoms with Crippen LogP contribution >= 0.6 is 0 Å². The van der Waals surface area contributed by atoms with Gasteiger partial charge in [0.05, 0.1) is 11.0 Å². The molecule has 3 aromatic rings. The minimum Gasteiger partial charge on any atom is -0.374 e. The van der Waals surface area contributed by atoms with Crippen LogP contribution in [0.4, 0.5) is 4.39 Å². The van der Waals surface area contributed by atoms with Crippen molar-refractivity contribution in [2.24, 2.45) is 5.73 Å². The van der Waals surface area contributed by atoms with Crippen molar-refractivity contribution in [2.75, 3.05) is 13.1 Å². The van der Waals surface area contributed by atoms with Gasteiger partial charge in [-0.1, -0.05) is 6.92 Å². The zero-order chi connectivity index (χ0) is 18.6. The third-order valence-corrected chi connectivity index (χ3v) is 5.93. The topological polar surface area (TPSA) is 82.6 Å². The van der Waals surface area contributed by atoms with Crippen molar-refractivity contribution in [2.45, 2.75) is 51.3 Å². The molecule has 1 fully saturated rings. The summed E-state index contributed by atoms with van der Waals surface area (Å²) in [5.41, 5.74) is 9.04. The molecule has 1 atom stereocenters. The molecule has 1 aliphatic heterocycles. The lowest BCUT2D eigenvalue weighted by Crippen LogP contribution is -2.43. The van der Waals surface area contributed by atoms with Crippen LogP contribution in [0.15, 0.2) is 18.3 Å². The lowest BCUT2D eigenvalue weighted by Gasteiger charge is -2.40.